The van der Waals surface area contributed by atoms with Crippen molar-refractivity contribution in [2.75, 3.05) is 6.54 Å². The van der Waals surface area contributed by atoms with Gasteiger partial charge in [0.15, 0.2) is 0 Å². The summed E-state index contributed by atoms with van der Waals surface area (Å²) in [6, 6.07) is 0. The fourth-order valence-electron chi connectivity index (χ4n) is 3.19. The van der Waals surface area contributed by atoms with Crippen molar-refractivity contribution >= 4 is 11.9 Å². The molecule has 0 radical (unpaired) electrons. The van der Waals surface area contributed by atoms with Crippen molar-refractivity contribution in [3.63, 3.8) is 0 Å². The topological polar surface area (TPSA) is 66.4 Å². The largest absolute Gasteiger partial charge is 0.481 e. The Labute approximate surface area is 108 Å². The molecule has 2 aliphatic carbocycles. The lowest BCUT2D eigenvalue weighted by atomic mass is 9.82. The van der Waals surface area contributed by atoms with Gasteiger partial charge in [-0.15, -0.1) is 0 Å². The summed E-state index contributed by atoms with van der Waals surface area (Å²) in [5.74, 6) is 0.106. The molecule has 4 heteroatoms. The van der Waals surface area contributed by atoms with Crippen LogP contribution in [0.3, 0.4) is 0 Å². The fraction of sp³-hybridized carbons (Fsp3) is 0.857. The van der Waals surface area contributed by atoms with Gasteiger partial charge in [0.1, 0.15) is 0 Å². The predicted octanol–water partition coefficient (Wildman–Crippen LogP) is 2.18. The van der Waals surface area contributed by atoms with E-state index in [9.17, 15) is 9.59 Å². The second-order valence-corrected chi connectivity index (χ2v) is 5.78. The molecule has 102 valence electrons. The van der Waals surface area contributed by atoms with Gasteiger partial charge in [0.05, 0.1) is 5.92 Å². The second kappa shape index (κ2) is 6.21. The average molecular weight is 253 g/mol. The molecular weight excluding hydrogens is 230 g/mol. The summed E-state index contributed by atoms with van der Waals surface area (Å²) >= 11 is 0. The lowest BCUT2D eigenvalue weighted by Crippen LogP contribution is -2.35. The SMILES string of the molecule is O=C(O)C1CCC(CNC(=O)C2CCCC2)CC1. The lowest BCUT2D eigenvalue weighted by molar-refractivity contribution is -0.143. The first-order valence-electron chi connectivity index (χ1n) is 7.17. The van der Waals surface area contributed by atoms with Gasteiger partial charge in [-0.1, -0.05) is 12.8 Å². The second-order valence-electron chi connectivity index (χ2n) is 5.78. The van der Waals surface area contributed by atoms with Crippen LogP contribution in [-0.2, 0) is 9.59 Å². The number of carboxylic acids is 1. The van der Waals surface area contributed by atoms with E-state index in [4.69, 9.17) is 5.11 Å². The summed E-state index contributed by atoms with van der Waals surface area (Å²) in [5, 5.41) is 12.0. The zero-order chi connectivity index (χ0) is 13.0. The molecule has 1 amide bonds. The van der Waals surface area contributed by atoms with Gasteiger partial charge in [-0.05, 0) is 44.4 Å². The van der Waals surface area contributed by atoms with Gasteiger partial charge >= 0.3 is 5.97 Å². The molecule has 0 aromatic heterocycles. The van der Waals surface area contributed by atoms with E-state index in [1.807, 2.05) is 0 Å². The summed E-state index contributed by atoms with van der Waals surface area (Å²) in [6.45, 7) is 0.738. The summed E-state index contributed by atoms with van der Waals surface area (Å²) in [5.41, 5.74) is 0. The number of carboxylic acid groups (broad SMARTS) is 1. The van der Waals surface area contributed by atoms with E-state index in [1.54, 1.807) is 0 Å². The minimum Gasteiger partial charge on any atom is -0.481 e. The molecule has 0 saturated heterocycles. The van der Waals surface area contributed by atoms with E-state index in [1.165, 1.54) is 12.8 Å². The Hall–Kier alpha value is -1.06. The summed E-state index contributed by atoms with van der Waals surface area (Å²) in [4.78, 5) is 22.7. The maximum Gasteiger partial charge on any atom is 0.306 e. The van der Waals surface area contributed by atoms with Crippen LogP contribution in [0.4, 0.5) is 0 Å². The van der Waals surface area contributed by atoms with Crippen molar-refractivity contribution in [2.24, 2.45) is 17.8 Å². The van der Waals surface area contributed by atoms with Crippen LogP contribution < -0.4 is 5.32 Å². The number of carbonyl (C=O) groups excluding carboxylic acids is 1. The molecule has 2 saturated carbocycles. The van der Waals surface area contributed by atoms with E-state index in [0.29, 0.717) is 5.92 Å². The lowest BCUT2D eigenvalue weighted by Gasteiger charge is -2.26. The zero-order valence-corrected chi connectivity index (χ0v) is 10.9. The van der Waals surface area contributed by atoms with E-state index in [2.05, 4.69) is 5.32 Å². The molecule has 2 aliphatic rings. The monoisotopic (exact) mass is 253 g/mol. The first-order chi connectivity index (χ1) is 8.66. The third kappa shape index (κ3) is 3.47. The number of rotatable bonds is 4. The third-order valence-electron chi connectivity index (χ3n) is 4.49. The summed E-state index contributed by atoms with van der Waals surface area (Å²) < 4.78 is 0. The van der Waals surface area contributed by atoms with Gasteiger partial charge in [0.2, 0.25) is 5.91 Å². The zero-order valence-electron chi connectivity index (χ0n) is 10.9. The van der Waals surface area contributed by atoms with Gasteiger partial charge in [0, 0.05) is 12.5 Å². The minimum absolute atomic E-state index is 0.160. The highest BCUT2D eigenvalue weighted by atomic mass is 16.4. The highest BCUT2D eigenvalue weighted by molar-refractivity contribution is 5.78. The molecule has 2 fully saturated rings. The molecule has 0 unspecified atom stereocenters. The Bertz CT molecular complexity index is 302. The van der Waals surface area contributed by atoms with Gasteiger partial charge in [-0.25, -0.2) is 0 Å². The van der Waals surface area contributed by atoms with E-state index in [0.717, 1.165) is 45.1 Å². The standard InChI is InChI=1S/C14H23NO3/c16-13(11-3-1-2-4-11)15-9-10-5-7-12(8-6-10)14(17)18/h10-12H,1-9H2,(H,15,16)(H,17,18). The molecule has 2 rings (SSSR count). The van der Waals surface area contributed by atoms with Gasteiger partial charge in [-0.3, -0.25) is 9.59 Å². The van der Waals surface area contributed by atoms with Crippen molar-refractivity contribution in [1.82, 2.24) is 5.32 Å². The number of aliphatic carboxylic acids is 1. The molecule has 0 atom stereocenters. The smallest absolute Gasteiger partial charge is 0.306 e. The number of nitrogens with one attached hydrogen (secondary N) is 1. The molecule has 0 spiro atoms. The first kappa shape index (κ1) is 13.4. The van der Waals surface area contributed by atoms with Gasteiger partial charge in [0.25, 0.3) is 0 Å². The maximum atomic E-state index is 11.9. The van der Waals surface area contributed by atoms with Gasteiger partial charge < -0.3 is 10.4 Å². The van der Waals surface area contributed by atoms with Crippen molar-refractivity contribution in [3.05, 3.63) is 0 Å². The molecular formula is C14H23NO3. The van der Waals surface area contributed by atoms with Gasteiger partial charge in [-0.2, -0.15) is 0 Å². The third-order valence-corrected chi connectivity index (χ3v) is 4.49. The maximum absolute atomic E-state index is 11.9. The van der Waals surface area contributed by atoms with Crippen molar-refractivity contribution in [1.29, 1.82) is 0 Å². The Balaban J connectivity index is 1.65. The van der Waals surface area contributed by atoms with Crippen LogP contribution in [0.15, 0.2) is 0 Å². The normalized spacial score (nSPS) is 29.1. The Morgan fingerprint density at radius 3 is 2.11 bits per heavy atom. The Morgan fingerprint density at radius 1 is 0.944 bits per heavy atom. The van der Waals surface area contributed by atoms with Crippen LogP contribution in [0, 0.1) is 17.8 Å². The first-order valence-corrected chi connectivity index (χ1v) is 7.17. The molecule has 0 bridgehead atoms. The summed E-state index contributed by atoms with van der Waals surface area (Å²) in [7, 11) is 0. The van der Waals surface area contributed by atoms with Crippen LogP contribution in [0.25, 0.3) is 0 Å². The molecule has 18 heavy (non-hydrogen) atoms. The molecule has 0 aromatic carbocycles. The fourth-order valence-corrected chi connectivity index (χ4v) is 3.19. The summed E-state index contributed by atoms with van der Waals surface area (Å²) in [6.07, 6.45) is 7.83. The van der Waals surface area contributed by atoms with Crippen LogP contribution in [-0.4, -0.2) is 23.5 Å². The minimum atomic E-state index is -0.663. The van der Waals surface area contributed by atoms with E-state index >= 15 is 0 Å². The van der Waals surface area contributed by atoms with E-state index in [-0.39, 0.29) is 17.7 Å². The van der Waals surface area contributed by atoms with Crippen LogP contribution in [0.5, 0.6) is 0 Å². The highest BCUT2D eigenvalue weighted by Gasteiger charge is 2.27. The molecule has 0 aromatic rings. The van der Waals surface area contributed by atoms with Crippen LogP contribution >= 0.6 is 0 Å². The Morgan fingerprint density at radius 2 is 1.56 bits per heavy atom. The predicted molar refractivity (Wildman–Crippen MR) is 68.1 cm³/mol. The quantitative estimate of drug-likeness (QED) is 0.807. The van der Waals surface area contributed by atoms with Crippen LogP contribution in [0.2, 0.25) is 0 Å². The molecule has 0 heterocycles. The van der Waals surface area contributed by atoms with E-state index < -0.39 is 5.97 Å². The molecule has 2 N–H and O–H groups in total. The molecule has 0 aliphatic heterocycles. The Kier molecular flexibility index (Phi) is 4.61. The molecule has 4 nitrogen and oxygen atoms in total. The number of amides is 1. The van der Waals surface area contributed by atoms with Crippen molar-refractivity contribution in [3.8, 4) is 0 Å². The average Bonchev–Trinajstić information content (AvgIpc) is 2.90. The van der Waals surface area contributed by atoms with Crippen molar-refractivity contribution < 1.29 is 14.7 Å². The number of hydrogen-bond acceptors (Lipinski definition) is 2. The number of carbonyl (C=O) groups is 2. The van der Waals surface area contributed by atoms with Crippen molar-refractivity contribution in [2.45, 2.75) is 51.4 Å². The highest BCUT2D eigenvalue weighted by Crippen LogP contribution is 2.29. The number of hydrogen-bond donors (Lipinski definition) is 2. The van der Waals surface area contributed by atoms with Crippen LogP contribution in [0.1, 0.15) is 51.4 Å².